The maximum absolute atomic E-state index is 5.81. The van der Waals surface area contributed by atoms with E-state index in [1.54, 1.807) is 7.11 Å². The van der Waals surface area contributed by atoms with Crippen LogP contribution in [0.2, 0.25) is 0 Å². The van der Waals surface area contributed by atoms with Gasteiger partial charge in [0.15, 0.2) is 11.5 Å². The van der Waals surface area contributed by atoms with Gasteiger partial charge < -0.3 is 19.9 Å². The van der Waals surface area contributed by atoms with Crippen LogP contribution in [0.4, 0.5) is 0 Å². The van der Waals surface area contributed by atoms with E-state index in [9.17, 15) is 0 Å². The van der Waals surface area contributed by atoms with Crippen molar-refractivity contribution in [2.75, 3.05) is 20.3 Å². The van der Waals surface area contributed by atoms with E-state index in [4.69, 9.17) is 19.9 Å². The summed E-state index contributed by atoms with van der Waals surface area (Å²) < 4.78 is 16.9. The van der Waals surface area contributed by atoms with Gasteiger partial charge in [0.25, 0.3) is 0 Å². The maximum Gasteiger partial charge on any atom is 0.165 e. The molecular weight excluding hydrogens is 278 g/mol. The summed E-state index contributed by atoms with van der Waals surface area (Å²) in [6.07, 6.45) is 0. The summed E-state index contributed by atoms with van der Waals surface area (Å²) in [5.41, 5.74) is 8.96. The molecule has 0 amide bonds. The van der Waals surface area contributed by atoms with Crippen LogP contribution in [0.5, 0.6) is 17.2 Å². The summed E-state index contributed by atoms with van der Waals surface area (Å²) in [6.45, 7) is 5.38. The number of aryl methyl sites for hydroxylation is 2. The number of nitrogens with two attached hydrogens (primary N) is 1. The van der Waals surface area contributed by atoms with E-state index in [1.165, 1.54) is 5.56 Å². The molecule has 22 heavy (non-hydrogen) atoms. The van der Waals surface area contributed by atoms with Crippen LogP contribution in [0, 0.1) is 13.8 Å². The summed E-state index contributed by atoms with van der Waals surface area (Å²) in [5.74, 6) is 2.27. The molecule has 0 radical (unpaired) electrons. The Morgan fingerprint density at radius 3 is 2.45 bits per heavy atom. The molecule has 0 saturated carbocycles. The van der Waals surface area contributed by atoms with E-state index in [2.05, 4.69) is 12.1 Å². The van der Waals surface area contributed by atoms with Crippen molar-refractivity contribution in [1.82, 2.24) is 0 Å². The van der Waals surface area contributed by atoms with Crippen LogP contribution in [0.25, 0.3) is 0 Å². The minimum Gasteiger partial charge on any atom is -0.493 e. The second-order valence-electron chi connectivity index (χ2n) is 5.12. The van der Waals surface area contributed by atoms with E-state index < -0.39 is 0 Å². The molecule has 4 nitrogen and oxygen atoms in total. The van der Waals surface area contributed by atoms with Crippen molar-refractivity contribution < 1.29 is 14.2 Å². The van der Waals surface area contributed by atoms with Crippen LogP contribution in [0.15, 0.2) is 36.4 Å². The van der Waals surface area contributed by atoms with Crippen molar-refractivity contribution in [2.45, 2.75) is 20.4 Å². The highest BCUT2D eigenvalue weighted by Gasteiger charge is 2.09. The first-order valence-electron chi connectivity index (χ1n) is 7.34. The van der Waals surface area contributed by atoms with Gasteiger partial charge in [-0.2, -0.15) is 0 Å². The second kappa shape index (κ2) is 7.71. The van der Waals surface area contributed by atoms with Crippen molar-refractivity contribution in [3.05, 3.63) is 53.1 Å². The lowest BCUT2D eigenvalue weighted by atomic mass is 10.1. The van der Waals surface area contributed by atoms with Crippen LogP contribution in [0.3, 0.4) is 0 Å². The summed E-state index contributed by atoms with van der Waals surface area (Å²) in [7, 11) is 1.62. The summed E-state index contributed by atoms with van der Waals surface area (Å²) >= 11 is 0. The number of hydrogen-bond donors (Lipinski definition) is 1. The summed E-state index contributed by atoms with van der Waals surface area (Å²) in [6, 6.07) is 11.9. The zero-order valence-corrected chi connectivity index (χ0v) is 13.4. The van der Waals surface area contributed by atoms with Crippen LogP contribution in [0.1, 0.15) is 16.7 Å². The van der Waals surface area contributed by atoms with Gasteiger partial charge in [0.1, 0.15) is 19.0 Å². The SMILES string of the molecule is COc1cccc(CN)c1OCCOc1cc(C)ccc1C. The van der Waals surface area contributed by atoms with E-state index in [1.807, 2.05) is 38.1 Å². The third-order valence-electron chi connectivity index (χ3n) is 3.43. The Kier molecular flexibility index (Phi) is 5.67. The number of benzene rings is 2. The topological polar surface area (TPSA) is 53.7 Å². The number of para-hydroxylation sites is 1. The Morgan fingerprint density at radius 2 is 1.73 bits per heavy atom. The average molecular weight is 301 g/mol. The molecular formula is C18H23NO3. The Morgan fingerprint density at radius 1 is 0.955 bits per heavy atom. The zero-order valence-electron chi connectivity index (χ0n) is 13.4. The van der Waals surface area contributed by atoms with E-state index in [-0.39, 0.29) is 0 Å². The molecule has 118 valence electrons. The number of hydrogen-bond acceptors (Lipinski definition) is 4. The summed E-state index contributed by atoms with van der Waals surface area (Å²) in [5, 5.41) is 0. The van der Waals surface area contributed by atoms with Gasteiger partial charge in [-0.3, -0.25) is 0 Å². The van der Waals surface area contributed by atoms with Gasteiger partial charge in [-0.1, -0.05) is 24.3 Å². The fourth-order valence-corrected chi connectivity index (χ4v) is 2.20. The Labute approximate surface area is 131 Å². The van der Waals surface area contributed by atoms with Crippen LogP contribution < -0.4 is 19.9 Å². The van der Waals surface area contributed by atoms with Gasteiger partial charge in [0.2, 0.25) is 0 Å². The predicted octanol–water partition coefficient (Wildman–Crippen LogP) is 3.23. The molecule has 2 rings (SSSR count). The van der Waals surface area contributed by atoms with E-state index >= 15 is 0 Å². The lowest BCUT2D eigenvalue weighted by Crippen LogP contribution is -2.12. The van der Waals surface area contributed by atoms with Crippen molar-refractivity contribution in [3.8, 4) is 17.2 Å². The molecule has 4 heteroatoms. The van der Waals surface area contributed by atoms with Gasteiger partial charge in [-0.05, 0) is 37.1 Å². The van der Waals surface area contributed by atoms with Gasteiger partial charge >= 0.3 is 0 Å². The molecule has 0 atom stereocenters. The first kappa shape index (κ1) is 16.2. The maximum atomic E-state index is 5.81. The zero-order chi connectivity index (χ0) is 15.9. The highest BCUT2D eigenvalue weighted by atomic mass is 16.5. The molecule has 0 aliphatic carbocycles. The third kappa shape index (κ3) is 3.92. The number of rotatable bonds is 7. The summed E-state index contributed by atoms with van der Waals surface area (Å²) in [4.78, 5) is 0. The third-order valence-corrected chi connectivity index (χ3v) is 3.43. The molecule has 0 saturated heterocycles. The average Bonchev–Trinajstić information content (AvgIpc) is 2.54. The fourth-order valence-electron chi connectivity index (χ4n) is 2.20. The van der Waals surface area contributed by atoms with Crippen molar-refractivity contribution in [2.24, 2.45) is 5.73 Å². The minimum absolute atomic E-state index is 0.407. The molecule has 0 heterocycles. The monoisotopic (exact) mass is 301 g/mol. The van der Waals surface area contributed by atoms with Crippen LogP contribution >= 0.6 is 0 Å². The standard InChI is InChI=1S/C18H23NO3/c1-13-7-8-14(2)17(11-13)21-9-10-22-18-15(12-19)5-4-6-16(18)20-3/h4-8,11H,9-10,12,19H2,1-3H3. The fraction of sp³-hybridized carbons (Fsp3) is 0.333. The Bertz CT molecular complexity index is 603. The van der Waals surface area contributed by atoms with Crippen molar-refractivity contribution >= 4 is 0 Å². The molecule has 2 aromatic rings. The molecule has 0 fully saturated rings. The molecule has 0 aliphatic heterocycles. The predicted molar refractivity (Wildman–Crippen MR) is 87.8 cm³/mol. The molecule has 2 N–H and O–H groups in total. The molecule has 0 unspecified atom stereocenters. The Hall–Kier alpha value is -2.20. The largest absolute Gasteiger partial charge is 0.493 e. The highest BCUT2D eigenvalue weighted by molar-refractivity contribution is 5.46. The van der Waals surface area contributed by atoms with E-state index in [0.29, 0.717) is 31.3 Å². The van der Waals surface area contributed by atoms with Gasteiger partial charge in [0, 0.05) is 12.1 Å². The van der Waals surface area contributed by atoms with E-state index in [0.717, 1.165) is 16.9 Å². The highest BCUT2D eigenvalue weighted by Crippen LogP contribution is 2.30. The molecule has 0 spiro atoms. The number of methoxy groups -OCH3 is 1. The lowest BCUT2D eigenvalue weighted by Gasteiger charge is -2.15. The molecule has 0 bridgehead atoms. The van der Waals surface area contributed by atoms with Crippen LogP contribution in [-0.4, -0.2) is 20.3 Å². The quantitative estimate of drug-likeness (QED) is 0.798. The van der Waals surface area contributed by atoms with Gasteiger partial charge in [-0.15, -0.1) is 0 Å². The first-order chi connectivity index (χ1) is 10.7. The van der Waals surface area contributed by atoms with Crippen molar-refractivity contribution in [3.63, 3.8) is 0 Å². The van der Waals surface area contributed by atoms with Gasteiger partial charge in [0.05, 0.1) is 7.11 Å². The lowest BCUT2D eigenvalue weighted by molar-refractivity contribution is 0.209. The van der Waals surface area contributed by atoms with Gasteiger partial charge in [-0.25, -0.2) is 0 Å². The van der Waals surface area contributed by atoms with Crippen molar-refractivity contribution in [1.29, 1.82) is 0 Å². The first-order valence-corrected chi connectivity index (χ1v) is 7.34. The molecule has 0 aliphatic rings. The number of ether oxygens (including phenoxy) is 3. The molecule has 2 aromatic carbocycles. The smallest absolute Gasteiger partial charge is 0.165 e. The molecule has 0 aromatic heterocycles. The second-order valence-corrected chi connectivity index (χ2v) is 5.12. The minimum atomic E-state index is 0.407. The Balaban J connectivity index is 1.95. The van der Waals surface area contributed by atoms with Crippen LogP contribution in [-0.2, 0) is 6.54 Å². The normalized spacial score (nSPS) is 10.4.